The van der Waals surface area contributed by atoms with Gasteiger partial charge in [-0.1, -0.05) is 56.5 Å². The molecule has 1 saturated heterocycles. The number of nitrogens with one attached hydrogen (secondary N) is 1. The molecule has 0 saturated carbocycles. The second-order valence-electron chi connectivity index (χ2n) is 5.76. The molecule has 0 aliphatic carbocycles. The van der Waals surface area contributed by atoms with Gasteiger partial charge in [-0.2, -0.15) is 0 Å². The molecule has 2 atom stereocenters. The van der Waals surface area contributed by atoms with E-state index in [2.05, 4.69) is 54.4 Å². The van der Waals surface area contributed by atoms with E-state index in [-0.39, 0.29) is 0 Å². The van der Waals surface area contributed by atoms with E-state index in [1.807, 2.05) is 0 Å². The van der Waals surface area contributed by atoms with Gasteiger partial charge in [0.05, 0.1) is 0 Å². The normalized spacial score (nSPS) is 22.3. The smallest absolute Gasteiger partial charge is 0.0449 e. The number of hydrogen-bond acceptors (Lipinski definition) is 2. The Hall–Kier alpha value is -0.860. The molecule has 0 aromatic heterocycles. The van der Waals surface area contributed by atoms with Crippen LogP contribution >= 0.6 is 0 Å². The van der Waals surface area contributed by atoms with E-state index in [0.29, 0.717) is 6.04 Å². The highest BCUT2D eigenvalue weighted by Crippen LogP contribution is 2.20. The van der Waals surface area contributed by atoms with Crippen LogP contribution in [0.4, 0.5) is 0 Å². The summed E-state index contributed by atoms with van der Waals surface area (Å²) in [6.45, 7) is 8.12. The van der Waals surface area contributed by atoms with E-state index in [1.54, 1.807) is 0 Å². The molecular weight excluding hydrogens is 232 g/mol. The summed E-state index contributed by atoms with van der Waals surface area (Å²) >= 11 is 0. The third kappa shape index (κ3) is 4.32. The van der Waals surface area contributed by atoms with Crippen molar-refractivity contribution in [2.45, 2.75) is 51.6 Å². The maximum Gasteiger partial charge on any atom is 0.0449 e. The molecule has 1 aromatic carbocycles. The third-order valence-electron chi connectivity index (χ3n) is 4.26. The first-order chi connectivity index (χ1) is 9.31. The van der Waals surface area contributed by atoms with Crippen LogP contribution in [0.25, 0.3) is 0 Å². The summed E-state index contributed by atoms with van der Waals surface area (Å²) in [7, 11) is 0. The molecule has 0 spiro atoms. The van der Waals surface area contributed by atoms with Crippen LogP contribution in [0.3, 0.4) is 0 Å². The number of benzene rings is 1. The van der Waals surface area contributed by atoms with Gasteiger partial charge in [-0.05, 0) is 18.9 Å². The number of unbranched alkanes of at least 4 members (excludes halogenated alkanes) is 2. The summed E-state index contributed by atoms with van der Waals surface area (Å²) in [6, 6.07) is 12.1. The highest BCUT2D eigenvalue weighted by molar-refractivity contribution is 5.19. The maximum absolute atomic E-state index is 3.65. The lowest BCUT2D eigenvalue weighted by Gasteiger charge is -2.38. The first kappa shape index (κ1) is 14.5. The summed E-state index contributed by atoms with van der Waals surface area (Å²) < 4.78 is 0. The van der Waals surface area contributed by atoms with E-state index in [4.69, 9.17) is 0 Å². The molecule has 0 amide bonds. The van der Waals surface area contributed by atoms with Crippen LogP contribution in [0.1, 0.15) is 51.1 Å². The van der Waals surface area contributed by atoms with Crippen molar-refractivity contribution in [2.75, 3.05) is 19.6 Å². The van der Waals surface area contributed by atoms with Crippen LogP contribution in [0, 0.1) is 0 Å². The number of nitrogens with zero attached hydrogens (tertiary/aromatic N) is 1. The fraction of sp³-hybridized carbons (Fsp3) is 0.647. The quantitative estimate of drug-likeness (QED) is 0.786. The summed E-state index contributed by atoms with van der Waals surface area (Å²) in [4.78, 5) is 2.66. The number of piperazine rings is 1. The number of rotatable bonds is 6. The molecule has 1 fully saturated rings. The predicted molar refractivity (Wildman–Crippen MR) is 82.4 cm³/mol. The van der Waals surface area contributed by atoms with E-state index in [0.717, 1.165) is 19.1 Å². The summed E-state index contributed by atoms with van der Waals surface area (Å²) in [5.41, 5.74) is 1.42. The van der Waals surface area contributed by atoms with E-state index in [9.17, 15) is 0 Å². The van der Waals surface area contributed by atoms with Crippen molar-refractivity contribution in [3.8, 4) is 0 Å². The molecule has 106 valence electrons. The second kappa shape index (κ2) is 7.66. The van der Waals surface area contributed by atoms with E-state index >= 15 is 0 Å². The van der Waals surface area contributed by atoms with E-state index in [1.165, 1.54) is 37.8 Å². The van der Waals surface area contributed by atoms with Gasteiger partial charge in [0.15, 0.2) is 0 Å². The van der Waals surface area contributed by atoms with Gasteiger partial charge < -0.3 is 5.32 Å². The molecule has 2 rings (SSSR count). The summed E-state index contributed by atoms with van der Waals surface area (Å²) in [5.74, 6) is 0. The standard InChI is InChI=1S/C17H28N2/c1-3-4-6-9-15(2)19-13-12-18-17(14-19)16-10-7-5-8-11-16/h5,7-8,10-11,15,17-18H,3-4,6,9,12-14H2,1-2H3. The van der Waals surface area contributed by atoms with Crippen molar-refractivity contribution in [3.05, 3.63) is 35.9 Å². The van der Waals surface area contributed by atoms with Gasteiger partial charge in [-0.3, -0.25) is 4.90 Å². The van der Waals surface area contributed by atoms with Crippen LogP contribution in [-0.4, -0.2) is 30.6 Å². The molecule has 0 bridgehead atoms. The van der Waals surface area contributed by atoms with Crippen LogP contribution in [0.5, 0.6) is 0 Å². The van der Waals surface area contributed by atoms with Crippen molar-refractivity contribution in [1.82, 2.24) is 10.2 Å². The predicted octanol–water partition coefficient (Wildman–Crippen LogP) is 3.60. The van der Waals surface area contributed by atoms with Crippen molar-refractivity contribution in [3.63, 3.8) is 0 Å². The lowest BCUT2D eigenvalue weighted by Crippen LogP contribution is -2.49. The molecule has 0 radical (unpaired) electrons. The Bertz CT molecular complexity index is 350. The van der Waals surface area contributed by atoms with Gasteiger partial charge in [0, 0.05) is 31.7 Å². The van der Waals surface area contributed by atoms with Crippen molar-refractivity contribution < 1.29 is 0 Å². The molecule has 1 heterocycles. The molecule has 1 N–H and O–H groups in total. The van der Waals surface area contributed by atoms with Gasteiger partial charge in [0.25, 0.3) is 0 Å². The largest absolute Gasteiger partial charge is 0.308 e. The van der Waals surface area contributed by atoms with Crippen LogP contribution in [0.15, 0.2) is 30.3 Å². The molecule has 1 aliphatic rings. The molecule has 2 unspecified atom stereocenters. The fourth-order valence-electron chi connectivity index (χ4n) is 2.95. The molecule has 2 heteroatoms. The number of hydrogen-bond donors (Lipinski definition) is 1. The molecule has 2 nitrogen and oxygen atoms in total. The lowest BCUT2D eigenvalue weighted by atomic mass is 10.0. The molecule has 19 heavy (non-hydrogen) atoms. The minimum absolute atomic E-state index is 0.503. The van der Waals surface area contributed by atoms with Gasteiger partial charge in [-0.25, -0.2) is 0 Å². The molecule has 1 aliphatic heterocycles. The van der Waals surface area contributed by atoms with Crippen molar-refractivity contribution >= 4 is 0 Å². The third-order valence-corrected chi connectivity index (χ3v) is 4.26. The monoisotopic (exact) mass is 260 g/mol. The summed E-state index contributed by atoms with van der Waals surface area (Å²) in [6.07, 6.45) is 5.41. The van der Waals surface area contributed by atoms with Gasteiger partial charge in [-0.15, -0.1) is 0 Å². The topological polar surface area (TPSA) is 15.3 Å². The Morgan fingerprint density at radius 2 is 2.05 bits per heavy atom. The highest BCUT2D eigenvalue weighted by Gasteiger charge is 2.23. The minimum atomic E-state index is 0.503. The van der Waals surface area contributed by atoms with Gasteiger partial charge >= 0.3 is 0 Å². The van der Waals surface area contributed by atoms with Crippen LogP contribution < -0.4 is 5.32 Å². The summed E-state index contributed by atoms with van der Waals surface area (Å²) in [5, 5.41) is 3.65. The molecular formula is C17H28N2. The second-order valence-corrected chi connectivity index (χ2v) is 5.76. The zero-order valence-corrected chi connectivity index (χ0v) is 12.4. The first-order valence-electron chi connectivity index (χ1n) is 7.83. The van der Waals surface area contributed by atoms with Crippen LogP contribution in [0.2, 0.25) is 0 Å². The Kier molecular flexibility index (Phi) is 5.87. The van der Waals surface area contributed by atoms with Crippen molar-refractivity contribution in [2.24, 2.45) is 0 Å². The van der Waals surface area contributed by atoms with E-state index < -0.39 is 0 Å². The Balaban J connectivity index is 1.86. The zero-order valence-electron chi connectivity index (χ0n) is 12.4. The first-order valence-corrected chi connectivity index (χ1v) is 7.83. The Labute approximate surface area is 118 Å². The maximum atomic E-state index is 3.65. The average molecular weight is 260 g/mol. The Morgan fingerprint density at radius 1 is 1.26 bits per heavy atom. The van der Waals surface area contributed by atoms with Crippen molar-refractivity contribution in [1.29, 1.82) is 0 Å². The highest BCUT2D eigenvalue weighted by atomic mass is 15.2. The zero-order chi connectivity index (χ0) is 13.5. The fourth-order valence-corrected chi connectivity index (χ4v) is 2.95. The Morgan fingerprint density at radius 3 is 2.79 bits per heavy atom. The average Bonchev–Trinajstić information content (AvgIpc) is 2.48. The lowest BCUT2D eigenvalue weighted by molar-refractivity contribution is 0.144. The minimum Gasteiger partial charge on any atom is -0.308 e. The SMILES string of the molecule is CCCCCC(C)N1CCNC(c2ccccc2)C1. The van der Waals surface area contributed by atoms with Gasteiger partial charge in [0.1, 0.15) is 0 Å². The van der Waals surface area contributed by atoms with Crippen LogP contribution in [-0.2, 0) is 0 Å². The molecule has 1 aromatic rings. The van der Waals surface area contributed by atoms with Gasteiger partial charge in [0.2, 0.25) is 0 Å².